The molecule has 27 heavy (non-hydrogen) atoms. The Morgan fingerprint density at radius 3 is 1.89 bits per heavy atom. The van der Waals surface area contributed by atoms with E-state index in [4.69, 9.17) is 9.05 Å². The molecule has 0 saturated heterocycles. The summed E-state index contributed by atoms with van der Waals surface area (Å²) in [4.78, 5) is 22.0. The summed E-state index contributed by atoms with van der Waals surface area (Å²) in [5, 5.41) is 0. The highest BCUT2D eigenvalue weighted by atomic mass is 31.2. The summed E-state index contributed by atoms with van der Waals surface area (Å²) in [5.41, 5.74) is 1.63. The van der Waals surface area contributed by atoms with Crippen molar-refractivity contribution in [2.75, 3.05) is 0 Å². The lowest BCUT2D eigenvalue weighted by molar-refractivity contribution is 0.0983. The fourth-order valence-electron chi connectivity index (χ4n) is 2.51. The second-order valence-electron chi connectivity index (χ2n) is 5.90. The largest absolute Gasteiger partial charge is 0.584 e. The molecule has 0 spiro atoms. The number of rotatable bonds is 8. The van der Waals surface area contributed by atoms with E-state index < -0.39 is 7.82 Å². The molecule has 1 atom stereocenters. The molecule has 3 rings (SSSR count). The molecular formula is C21H19O5P. The fraction of sp³-hybridized carbons (Fsp3) is 0.0952. The predicted molar refractivity (Wildman–Crippen MR) is 103 cm³/mol. The summed E-state index contributed by atoms with van der Waals surface area (Å²) in [7, 11) is -4.28. The van der Waals surface area contributed by atoms with Gasteiger partial charge in [0.15, 0.2) is 5.78 Å². The van der Waals surface area contributed by atoms with E-state index in [1.54, 1.807) is 66.7 Å². The number of hydrogen-bond donors (Lipinski definition) is 1. The van der Waals surface area contributed by atoms with Crippen molar-refractivity contribution in [3.63, 3.8) is 0 Å². The van der Waals surface area contributed by atoms with E-state index in [0.717, 1.165) is 5.56 Å². The maximum absolute atomic E-state index is 12.1. The van der Waals surface area contributed by atoms with Crippen molar-refractivity contribution in [2.24, 2.45) is 0 Å². The van der Waals surface area contributed by atoms with Crippen LogP contribution in [0.5, 0.6) is 11.5 Å². The molecule has 3 aromatic rings. The zero-order valence-corrected chi connectivity index (χ0v) is 15.4. The highest BCUT2D eigenvalue weighted by molar-refractivity contribution is 7.48. The third kappa shape index (κ3) is 5.81. The Morgan fingerprint density at radius 2 is 1.30 bits per heavy atom. The maximum atomic E-state index is 12.1. The van der Waals surface area contributed by atoms with Crippen LogP contribution in [0, 0.1) is 0 Å². The van der Waals surface area contributed by atoms with E-state index in [1.165, 1.54) is 0 Å². The van der Waals surface area contributed by atoms with Crippen molar-refractivity contribution < 1.29 is 23.3 Å². The van der Waals surface area contributed by atoms with Crippen LogP contribution in [-0.4, -0.2) is 10.7 Å². The monoisotopic (exact) mass is 382 g/mol. The number of carbonyl (C=O) groups is 1. The third-order valence-corrected chi connectivity index (χ3v) is 4.73. The molecule has 0 saturated carbocycles. The Labute approximate surface area is 157 Å². The molecule has 0 aliphatic carbocycles. The average Bonchev–Trinajstić information content (AvgIpc) is 2.68. The van der Waals surface area contributed by atoms with Crippen LogP contribution in [0.15, 0.2) is 84.9 Å². The number of Topliss-reactive ketones (excluding diaryl/α,β-unsaturated/α-hetero) is 1. The highest BCUT2D eigenvalue weighted by Crippen LogP contribution is 2.44. The molecule has 1 N–H and O–H groups in total. The van der Waals surface area contributed by atoms with Crippen LogP contribution in [-0.2, 0) is 11.0 Å². The van der Waals surface area contributed by atoms with E-state index >= 15 is 0 Å². The van der Waals surface area contributed by atoms with Gasteiger partial charge in [-0.1, -0.05) is 60.7 Å². The Kier molecular flexibility index (Phi) is 6.07. The molecule has 0 fully saturated rings. The normalized spacial score (nSPS) is 12.8. The van der Waals surface area contributed by atoms with Gasteiger partial charge < -0.3 is 9.05 Å². The maximum Gasteiger partial charge on any atom is 0.584 e. The Balaban J connectivity index is 1.55. The molecule has 5 nitrogen and oxygen atoms in total. The summed E-state index contributed by atoms with van der Waals surface area (Å²) in [6.07, 6.45) is 0.963. The van der Waals surface area contributed by atoms with Crippen LogP contribution in [0.3, 0.4) is 0 Å². The van der Waals surface area contributed by atoms with Crippen LogP contribution in [0.1, 0.15) is 22.3 Å². The van der Waals surface area contributed by atoms with Gasteiger partial charge in [0.1, 0.15) is 11.5 Å². The topological polar surface area (TPSA) is 72.8 Å². The Morgan fingerprint density at radius 1 is 0.778 bits per heavy atom. The van der Waals surface area contributed by atoms with E-state index in [1.807, 2.05) is 18.2 Å². The standard InChI is InChI=1S/C21H19O5P/c22-21(18-7-3-1-4-8-18)16-13-17-11-14-20(15-12-17)26-27(23,24)25-19-9-5-2-6-10-19/h1-12,14-15H,13,16H2,(H,23,24). The van der Waals surface area contributed by atoms with Gasteiger partial charge in [-0.2, -0.15) is 0 Å². The molecule has 0 amide bonds. The summed E-state index contributed by atoms with van der Waals surface area (Å²) in [5.74, 6) is 0.543. The van der Waals surface area contributed by atoms with E-state index in [0.29, 0.717) is 18.4 Å². The molecule has 3 aromatic carbocycles. The number of para-hydroxylation sites is 1. The number of benzene rings is 3. The van der Waals surface area contributed by atoms with Crippen LogP contribution >= 0.6 is 7.82 Å². The first kappa shape index (κ1) is 18.9. The van der Waals surface area contributed by atoms with E-state index in [-0.39, 0.29) is 17.3 Å². The zero-order chi connectivity index (χ0) is 19.1. The number of ketones is 1. The lowest BCUT2D eigenvalue weighted by Crippen LogP contribution is -2.01. The van der Waals surface area contributed by atoms with Gasteiger partial charge >= 0.3 is 7.82 Å². The van der Waals surface area contributed by atoms with Crippen molar-refractivity contribution in [3.8, 4) is 11.5 Å². The van der Waals surface area contributed by atoms with Crippen LogP contribution in [0.4, 0.5) is 0 Å². The zero-order valence-electron chi connectivity index (χ0n) is 14.5. The van der Waals surface area contributed by atoms with Crippen molar-refractivity contribution in [3.05, 3.63) is 96.1 Å². The third-order valence-electron chi connectivity index (χ3n) is 3.84. The first-order valence-electron chi connectivity index (χ1n) is 8.46. The van der Waals surface area contributed by atoms with Crippen LogP contribution in [0.2, 0.25) is 0 Å². The number of hydrogen-bond acceptors (Lipinski definition) is 4. The molecule has 0 bridgehead atoms. The number of aryl methyl sites for hydroxylation is 1. The van der Waals surface area contributed by atoms with Crippen molar-refractivity contribution in [2.45, 2.75) is 12.8 Å². The molecule has 0 aliphatic heterocycles. The van der Waals surface area contributed by atoms with Gasteiger partial charge in [0.05, 0.1) is 0 Å². The average molecular weight is 382 g/mol. The van der Waals surface area contributed by atoms with Gasteiger partial charge in [-0.05, 0) is 36.2 Å². The summed E-state index contributed by atoms with van der Waals surface area (Å²) in [6, 6.07) is 24.1. The molecule has 6 heteroatoms. The predicted octanol–water partition coefficient (Wildman–Crippen LogP) is 5.06. The van der Waals surface area contributed by atoms with Crippen molar-refractivity contribution >= 4 is 13.6 Å². The fourth-order valence-corrected chi connectivity index (χ4v) is 3.32. The van der Waals surface area contributed by atoms with Crippen molar-refractivity contribution in [1.82, 2.24) is 0 Å². The summed E-state index contributed by atoms with van der Waals surface area (Å²) < 4.78 is 22.2. The Hall–Kier alpha value is -2.88. The smallest absolute Gasteiger partial charge is 0.395 e. The molecular weight excluding hydrogens is 363 g/mol. The molecule has 1 unspecified atom stereocenters. The van der Waals surface area contributed by atoms with Crippen LogP contribution < -0.4 is 9.05 Å². The number of phosphoric acid groups is 1. The van der Waals surface area contributed by atoms with E-state index in [2.05, 4.69) is 0 Å². The Bertz CT molecular complexity index is 924. The molecule has 138 valence electrons. The van der Waals surface area contributed by atoms with Gasteiger partial charge in [-0.3, -0.25) is 9.69 Å². The van der Waals surface area contributed by atoms with Gasteiger partial charge in [0.2, 0.25) is 0 Å². The molecule has 0 heterocycles. The SMILES string of the molecule is O=C(CCc1ccc(OP(=O)(O)Oc2ccccc2)cc1)c1ccccc1. The van der Waals surface area contributed by atoms with E-state index in [9.17, 15) is 14.3 Å². The number of carbonyl (C=O) groups excluding carboxylic acids is 1. The first-order chi connectivity index (χ1) is 13.0. The minimum atomic E-state index is -4.28. The second-order valence-corrected chi connectivity index (χ2v) is 7.20. The van der Waals surface area contributed by atoms with Gasteiger partial charge in [0.25, 0.3) is 0 Å². The first-order valence-corrected chi connectivity index (χ1v) is 9.96. The molecule has 0 radical (unpaired) electrons. The minimum Gasteiger partial charge on any atom is -0.395 e. The highest BCUT2D eigenvalue weighted by Gasteiger charge is 2.24. The molecule has 0 aromatic heterocycles. The van der Waals surface area contributed by atoms with Gasteiger partial charge in [-0.15, -0.1) is 0 Å². The lowest BCUT2D eigenvalue weighted by atomic mass is 10.0. The van der Waals surface area contributed by atoms with Gasteiger partial charge in [0, 0.05) is 12.0 Å². The van der Waals surface area contributed by atoms with Gasteiger partial charge in [-0.25, -0.2) is 4.57 Å². The quantitative estimate of drug-likeness (QED) is 0.435. The van der Waals surface area contributed by atoms with Crippen molar-refractivity contribution in [1.29, 1.82) is 0 Å². The summed E-state index contributed by atoms with van der Waals surface area (Å²) >= 11 is 0. The van der Waals surface area contributed by atoms with Crippen LogP contribution in [0.25, 0.3) is 0 Å². The minimum absolute atomic E-state index is 0.0760. The lowest BCUT2D eigenvalue weighted by Gasteiger charge is -2.14. The molecule has 0 aliphatic rings. The number of phosphoric ester groups is 1. The second kappa shape index (κ2) is 8.67. The summed E-state index contributed by atoms with van der Waals surface area (Å²) in [6.45, 7) is 0.